The number of ether oxygens (including phenoxy) is 2. The Balaban J connectivity index is 1.61. The van der Waals surface area contributed by atoms with E-state index in [1.165, 1.54) is 19.2 Å². The van der Waals surface area contributed by atoms with Gasteiger partial charge in [-0.25, -0.2) is 8.42 Å². The number of anilines is 1. The first kappa shape index (κ1) is 21.2. The van der Waals surface area contributed by atoms with Gasteiger partial charge in [-0.15, -0.1) is 0 Å². The van der Waals surface area contributed by atoms with Crippen LogP contribution in [0.3, 0.4) is 0 Å². The smallest absolute Gasteiger partial charge is 0.261 e. The fourth-order valence-electron chi connectivity index (χ4n) is 2.69. The summed E-state index contributed by atoms with van der Waals surface area (Å²) < 4.78 is 37.6. The summed E-state index contributed by atoms with van der Waals surface area (Å²) in [5, 5.41) is 2.83. The molecule has 2 N–H and O–H groups in total. The minimum Gasteiger partial charge on any atom is -0.497 e. The molecule has 0 saturated heterocycles. The van der Waals surface area contributed by atoms with Crippen molar-refractivity contribution in [3.05, 3.63) is 83.9 Å². The van der Waals surface area contributed by atoms with E-state index in [-0.39, 0.29) is 10.8 Å². The molecular weight excluding hydrogens is 404 g/mol. The molecule has 8 heteroatoms. The van der Waals surface area contributed by atoms with Crippen LogP contribution in [0.2, 0.25) is 0 Å². The van der Waals surface area contributed by atoms with Gasteiger partial charge in [-0.2, -0.15) is 0 Å². The third-order valence-electron chi connectivity index (χ3n) is 4.38. The number of sulfonamides is 1. The number of hydrogen-bond acceptors (Lipinski definition) is 5. The molecule has 3 aromatic rings. The molecule has 0 saturated carbocycles. The zero-order valence-corrected chi connectivity index (χ0v) is 17.4. The normalized spacial score (nSPS) is 10.9. The fourth-order valence-corrected chi connectivity index (χ4v) is 3.75. The van der Waals surface area contributed by atoms with Crippen molar-refractivity contribution in [2.24, 2.45) is 0 Å². The predicted molar refractivity (Wildman–Crippen MR) is 114 cm³/mol. The third-order valence-corrected chi connectivity index (χ3v) is 5.78. The third kappa shape index (κ3) is 5.30. The van der Waals surface area contributed by atoms with Crippen molar-refractivity contribution in [3.63, 3.8) is 0 Å². The molecule has 3 rings (SSSR count). The van der Waals surface area contributed by atoms with Crippen LogP contribution in [0.5, 0.6) is 11.5 Å². The van der Waals surface area contributed by atoms with Crippen LogP contribution in [0.15, 0.2) is 77.7 Å². The quantitative estimate of drug-likeness (QED) is 0.576. The van der Waals surface area contributed by atoms with Gasteiger partial charge in [0.1, 0.15) is 11.5 Å². The fraction of sp³-hybridized carbons (Fsp3) is 0.136. The number of rotatable bonds is 8. The summed E-state index contributed by atoms with van der Waals surface area (Å²) in [5.41, 5.74) is 1.72. The van der Waals surface area contributed by atoms with E-state index in [4.69, 9.17) is 9.47 Å². The Morgan fingerprint density at radius 1 is 0.800 bits per heavy atom. The van der Waals surface area contributed by atoms with Gasteiger partial charge in [0.25, 0.3) is 15.9 Å². The van der Waals surface area contributed by atoms with Crippen molar-refractivity contribution in [2.45, 2.75) is 11.4 Å². The van der Waals surface area contributed by atoms with Crippen molar-refractivity contribution in [1.82, 2.24) is 5.32 Å². The second-order valence-corrected chi connectivity index (χ2v) is 8.07. The van der Waals surface area contributed by atoms with Gasteiger partial charge in [-0.05, 0) is 66.2 Å². The van der Waals surface area contributed by atoms with Gasteiger partial charge in [0.05, 0.1) is 19.1 Å². The van der Waals surface area contributed by atoms with Crippen molar-refractivity contribution in [1.29, 1.82) is 0 Å². The van der Waals surface area contributed by atoms with Crippen LogP contribution in [0.25, 0.3) is 0 Å². The average Bonchev–Trinajstić information content (AvgIpc) is 2.78. The van der Waals surface area contributed by atoms with E-state index in [2.05, 4.69) is 10.0 Å². The number of amides is 1. The molecule has 0 aliphatic rings. The van der Waals surface area contributed by atoms with E-state index < -0.39 is 10.0 Å². The molecule has 0 aliphatic carbocycles. The molecular formula is C22H22N2O5S. The number of benzene rings is 3. The first-order chi connectivity index (χ1) is 14.4. The Morgan fingerprint density at radius 2 is 1.33 bits per heavy atom. The maximum absolute atomic E-state index is 12.5. The van der Waals surface area contributed by atoms with Crippen LogP contribution in [0.4, 0.5) is 5.69 Å². The van der Waals surface area contributed by atoms with Crippen LogP contribution in [-0.4, -0.2) is 28.5 Å². The lowest BCUT2D eigenvalue weighted by atomic mass is 10.2. The summed E-state index contributed by atoms with van der Waals surface area (Å²) in [6, 6.07) is 19.7. The van der Waals surface area contributed by atoms with Gasteiger partial charge in [0, 0.05) is 17.8 Å². The van der Waals surface area contributed by atoms with Crippen molar-refractivity contribution in [3.8, 4) is 11.5 Å². The zero-order valence-electron chi connectivity index (χ0n) is 16.6. The second kappa shape index (κ2) is 9.32. The summed E-state index contributed by atoms with van der Waals surface area (Å²) in [6.07, 6.45) is 0. The lowest BCUT2D eigenvalue weighted by Gasteiger charge is -2.10. The number of nitrogens with one attached hydrogen (secondary N) is 2. The van der Waals surface area contributed by atoms with Gasteiger partial charge in [-0.3, -0.25) is 9.52 Å². The summed E-state index contributed by atoms with van der Waals surface area (Å²) in [6.45, 7) is 0.370. The first-order valence-corrected chi connectivity index (χ1v) is 10.6. The van der Waals surface area contributed by atoms with E-state index in [0.717, 1.165) is 11.3 Å². The molecule has 156 valence electrons. The monoisotopic (exact) mass is 426 g/mol. The molecule has 0 spiro atoms. The van der Waals surface area contributed by atoms with Gasteiger partial charge < -0.3 is 14.8 Å². The SMILES string of the molecule is COc1ccc(CNC(=O)c2ccc(NS(=O)(=O)c3ccc(OC)cc3)cc2)cc1. The van der Waals surface area contributed by atoms with E-state index in [1.54, 1.807) is 43.5 Å². The predicted octanol–water partition coefficient (Wildman–Crippen LogP) is 3.43. The number of carbonyl (C=O) groups excluding carboxylic acids is 1. The van der Waals surface area contributed by atoms with E-state index in [0.29, 0.717) is 23.5 Å². The van der Waals surface area contributed by atoms with Crippen molar-refractivity contribution in [2.75, 3.05) is 18.9 Å². The van der Waals surface area contributed by atoms with Gasteiger partial charge in [-0.1, -0.05) is 12.1 Å². The number of methoxy groups -OCH3 is 2. The Hall–Kier alpha value is -3.52. The summed E-state index contributed by atoms with van der Waals surface area (Å²) in [4.78, 5) is 12.4. The topological polar surface area (TPSA) is 93.7 Å². The van der Waals surface area contributed by atoms with Gasteiger partial charge in [0.15, 0.2) is 0 Å². The molecule has 0 unspecified atom stereocenters. The summed E-state index contributed by atoms with van der Waals surface area (Å²) in [7, 11) is -0.635. The number of carbonyl (C=O) groups is 1. The van der Waals surface area contributed by atoms with Crippen molar-refractivity contribution < 1.29 is 22.7 Å². The Morgan fingerprint density at radius 3 is 1.87 bits per heavy atom. The highest BCUT2D eigenvalue weighted by atomic mass is 32.2. The highest BCUT2D eigenvalue weighted by Gasteiger charge is 2.14. The van der Waals surface area contributed by atoms with Crippen LogP contribution >= 0.6 is 0 Å². The highest BCUT2D eigenvalue weighted by molar-refractivity contribution is 7.92. The molecule has 1 amide bonds. The maximum atomic E-state index is 12.5. The van der Waals surface area contributed by atoms with E-state index in [9.17, 15) is 13.2 Å². The molecule has 3 aromatic carbocycles. The van der Waals surface area contributed by atoms with Crippen LogP contribution < -0.4 is 19.5 Å². The lowest BCUT2D eigenvalue weighted by molar-refractivity contribution is 0.0951. The Labute approximate surface area is 175 Å². The minimum atomic E-state index is -3.74. The molecule has 0 bridgehead atoms. The zero-order chi connectivity index (χ0) is 21.6. The van der Waals surface area contributed by atoms with Crippen LogP contribution in [0.1, 0.15) is 15.9 Å². The second-order valence-electron chi connectivity index (χ2n) is 6.39. The minimum absolute atomic E-state index is 0.115. The lowest BCUT2D eigenvalue weighted by Crippen LogP contribution is -2.22. The molecule has 0 atom stereocenters. The van der Waals surface area contributed by atoms with Gasteiger partial charge >= 0.3 is 0 Å². The Kier molecular flexibility index (Phi) is 6.58. The first-order valence-electron chi connectivity index (χ1n) is 9.09. The van der Waals surface area contributed by atoms with Crippen LogP contribution in [0, 0.1) is 0 Å². The molecule has 0 fully saturated rings. The average molecular weight is 426 g/mol. The van der Waals surface area contributed by atoms with E-state index in [1.807, 2.05) is 24.3 Å². The van der Waals surface area contributed by atoms with Crippen LogP contribution in [-0.2, 0) is 16.6 Å². The Bertz CT molecular complexity index is 1090. The molecule has 30 heavy (non-hydrogen) atoms. The highest BCUT2D eigenvalue weighted by Crippen LogP contribution is 2.19. The molecule has 0 aromatic heterocycles. The molecule has 7 nitrogen and oxygen atoms in total. The molecule has 0 heterocycles. The maximum Gasteiger partial charge on any atom is 0.261 e. The largest absolute Gasteiger partial charge is 0.497 e. The summed E-state index contributed by atoms with van der Waals surface area (Å²) >= 11 is 0. The number of hydrogen-bond donors (Lipinski definition) is 2. The van der Waals surface area contributed by atoms with Gasteiger partial charge in [0.2, 0.25) is 0 Å². The van der Waals surface area contributed by atoms with Crippen molar-refractivity contribution >= 4 is 21.6 Å². The summed E-state index contributed by atoms with van der Waals surface area (Å²) in [5.74, 6) is 1.06. The molecule has 0 aliphatic heterocycles. The van der Waals surface area contributed by atoms with E-state index >= 15 is 0 Å². The molecule has 0 radical (unpaired) electrons. The standard InChI is InChI=1S/C22H22N2O5S/c1-28-19-9-3-16(4-10-19)15-23-22(25)17-5-7-18(8-6-17)24-30(26,27)21-13-11-20(29-2)12-14-21/h3-14,24H,15H2,1-2H3,(H,23,25).